The first-order chi connectivity index (χ1) is 26.9. The van der Waals surface area contributed by atoms with Crippen LogP contribution in [0.5, 0.6) is 0 Å². The molecule has 0 amide bonds. The van der Waals surface area contributed by atoms with E-state index in [0.29, 0.717) is 42.9 Å². The van der Waals surface area contributed by atoms with Crippen molar-refractivity contribution in [3.63, 3.8) is 0 Å². The van der Waals surface area contributed by atoms with E-state index < -0.39 is 23.8 Å². The number of rotatable bonds is 12. The third-order valence-electron chi connectivity index (χ3n) is 11.8. The molecule has 3 atom stereocenters. The zero-order valence-electron chi connectivity index (χ0n) is 32.5. The van der Waals surface area contributed by atoms with Gasteiger partial charge in [-0.25, -0.2) is 13.2 Å². The lowest BCUT2D eigenvalue weighted by atomic mass is 9.74. The van der Waals surface area contributed by atoms with Gasteiger partial charge in [-0.2, -0.15) is 4.31 Å². The van der Waals surface area contributed by atoms with Gasteiger partial charge >= 0.3 is 5.97 Å². The number of sulfonamides is 1. The summed E-state index contributed by atoms with van der Waals surface area (Å²) in [6, 6.07) is 39.2. The minimum atomic E-state index is -3.76. The highest BCUT2D eigenvalue weighted by atomic mass is 32.2. The van der Waals surface area contributed by atoms with Gasteiger partial charge in [0.15, 0.2) is 0 Å². The molecule has 3 heterocycles. The van der Waals surface area contributed by atoms with Crippen molar-refractivity contribution in [2.75, 3.05) is 26.3 Å². The second-order valence-electron chi connectivity index (χ2n) is 16.5. The van der Waals surface area contributed by atoms with E-state index in [2.05, 4.69) is 98.9 Å². The number of ether oxygens (including phenoxy) is 1. The first-order valence-electron chi connectivity index (χ1n) is 19.6. The molecule has 1 spiro atoms. The molecule has 8 nitrogen and oxygen atoms in total. The highest BCUT2D eigenvalue weighted by Crippen LogP contribution is 2.62. The normalized spacial score (nSPS) is 20.9. The summed E-state index contributed by atoms with van der Waals surface area (Å²) in [7, 11) is -6.59. The van der Waals surface area contributed by atoms with Crippen LogP contribution in [0.15, 0.2) is 137 Å². The van der Waals surface area contributed by atoms with Crippen LogP contribution in [0.2, 0.25) is 5.04 Å². The van der Waals surface area contributed by atoms with E-state index in [1.54, 1.807) is 28.6 Å². The Kier molecular flexibility index (Phi) is 10.3. The van der Waals surface area contributed by atoms with Gasteiger partial charge in [0.2, 0.25) is 10.0 Å². The molecule has 8 rings (SSSR count). The Morgan fingerprint density at radius 2 is 1.54 bits per heavy atom. The van der Waals surface area contributed by atoms with Crippen LogP contribution in [0.3, 0.4) is 0 Å². The summed E-state index contributed by atoms with van der Waals surface area (Å²) in [5.74, 6) is 1.33. The molecule has 4 aromatic carbocycles. The number of fused-ring (bicyclic) bond motifs is 3. The van der Waals surface area contributed by atoms with Crippen molar-refractivity contribution >= 4 is 40.3 Å². The average Bonchev–Trinajstić information content (AvgIpc) is 3.84. The molecule has 1 aromatic heterocycles. The molecule has 1 N–H and O–H groups in total. The van der Waals surface area contributed by atoms with Crippen molar-refractivity contribution < 1.29 is 26.8 Å². The molecule has 1 fully saturated rings. The molecule has 56 heavy (non-hydrogen) atoms. The number of furan rings is 1. The Morgan fingerprint density at radius 3 is 2.16 bits per heavy atom. The second-order valence-corrected chi connectivity index (χ2v) is 22.7. The Bertz CT molecular complexity index is 2280. The standard InChI is InChI=1S/C46H50N2O6SSi/c1-33-22-24-37(25-23-33)55(50,51)48-27-26-41-40-29-36(17-14-28-52-44(49)34-15-8-5-9-16-34)54-42(40)43-46(41,32-48)30-35(47-43)31-53-56(45(2,3)4,38-18-10-6-11-19-38)39-20-12-7-13-21-39/h5-13,15-16,18-26,29,35,43,47H,14,17,27-28,30-32H2,1-4H3/t35-,43+,46+/m0/s1. The fraction of sp³-hybridized carbons (Fsp3) is 0.326. The molecule has 0 unspecified atom stereocenters. The van der Waals surface area contributed by atoms with Crippen molar-refractivity contribution in [1.29, 1.82) is 0 Å². The predicted octanol–water partition coefficient (Wildman–Crippen LogP) is 7.45. The molecule has 0 radical (unpaired) electrons. The molecule has 1 aliphatic carbocycles. The average molecular weight is 787 g/mol. The van der Waals surface area contributed by atoms with Gasteiger partial charge in [-0.05, 0) is 71.1 Å². The Hall–Kier alpha value is -4.58. The summed E-state index contributed by atoms with van der Waals surface area (Å²) in [6.45, 7) is 10.1. The van der Waals surface area contributed by atoms with Crippen LogP contribution in [0, 0.1) is 12.3 Å². The van der Waals surface area contributed by atoms with Crippen molar-refractivity contribution in [2.45, 2.75) is 69.0 Å². The Labute approximate surface area is 331 Å². The zero-order chi connectivity index (χ0) is 39.1. The number of aryl methyl sites for hydroxylation is 2. The number of benzene rings is 4. The summed E-state index contributed by atoms with van der Waals surface area (Å²) in [6.07, 6.45) is 4.01. The van der Waals surface area contributed by atoms with Gasteiger partial charge < -0.3 is 18.9 Å². The van der Waals surface area contributed by atoms with Gasteiger partial charge in [0.25, 0.3) is 8.32 Å². The first kappa shape index (κ1) is 38.3. The van der Waals surface area contributed by atoms with Crippen LogP contribution < -0.4 is 15.7 Å². The summed E-state index contributed by atoms with van der Waals surface area (Å²) in [5, 5.41) is 6.18. The van der Waals surface area contributed by atoms with E-state index >= 15 is 0 Å². The van der Waals surface area contributed by atoms with E-state index in [9.17, 15) is 13.2 Å². The fourth-order valence-electron chi connectivity index (χ4n) is 9.21. The van der Waals surface area contributed by atoms with Crippen LogP contribution in [0.25, 0.3) is 5.57 Å². The second kappa shape index (κ2) is 15.1. The number of carbonyl (C=O) groups excluding carboxylic acids is 1. The van der Waals surface area contributed by atoms with Crippen molar-refractivity contribution in [3.05, 3.63) is 156 Å². The molecule has 5 aromatic rings. The maximum Gasteiger partial charge on any atom is 0.338 e. The minimum Gasteiger partial charge on any atom is -0.464 e. The highest BCUT2D eigenvalue weighted by molar-refractivity contribution is 7.89. The molecule has 290 valence electrons. The highest BCUT2D eigenvalue weighted by Gasteiger charge is 2.61. The largest absolute Gasteiger partial charge is 0.464 e. The van der Waals surface area contributed by atoms with Crippen molar-refractivity contribution in [3.8, 4) is 0 Å². The van der Waals surface area contributed by atoms with E-state index in [0.717, 1.165) is 28.2 Å². The van der Waals surface area contributed by atoms with Gasteiger partial charge in [-0.3, -0.25) is 0 Å². The number of nitrogens with zero attached hydrogens (tertiary/aromatic N) is 1. The monoisotopic (exact) mass is 786 g/mol. The fourth-order valence-corrected chi connectivity index (χ4v) is 15.3. The van der Waals surface area contributed by atoms with E-state index in [-0.39, 0.29) is 36.2 Å². The molecule has 10 heteroatoms. The topological polar surface area (TPSA) is 98.1 Å². The van der Waals surface area contributed by atoms with Gasteiger partial charge in [0.05, 0.1) is 29.7 Å². The molecule has 2 aliphatic heterocycles. The summed E-state index contributed by atoms with van der Waals surface area (Å²) in [4.78, 5) is 12.8. The third-order valence-corrected chi connectivity index (χ3v) is 18.6. The maximum atomic E-state index is 14.2. The van der Waals surface area contributed by atoms with Crippen LogP contribution in [0.4, 0.5) is 0 Å². The molecular weight excluding hydrogens is 737 g/mol. The molecule has 1 saturated heterocycles. The van der Waals surface area contributed by atoms with E-state index in [4.69, 9.17) is 13.6 Å². The lowest BCUT2D eigenvalue weighted by Gasteiger charge is -2.43. The number of hydrogen-bond donors (Lipinski definition) is 1. The SMILES string of the molecule is Cc1ccc(S(=O)(=O)N2CC=C3c4cc(CCCOC(=O)c5ccccc5)oc4[C@H]4N[C@H](CO[Si](c5ccccc5)(c5ccccc5)C(C)(C)C)C[C@@]34C2)cc1. The van der Waals surface area contributed by atoms with Crippen LogP contribution in [0.1, 0.15) is 72.7 Å². The molecular formula is C46H50N2O6SSi. The van der Waals surface area contributed by atoms with E-state index in [1.165, 1.54) is 10.4 Å². The Balaban J connectivity index is 1.09. The molecule has 3 aliphatic rings. The lowest BCUT2D eigenvalue weighted by molar-refractivity contribution is 0.0499. The van der Waals surface area contributed by atoms with Gasteiger partial charge in [0, 0.05) is 36.5 Å². The predicted molar refractivity (Wildman–Crippen MR) is 222 cm³/mol. The molecule has 0 bridgehead atoms. The van der Waals surface area contributed by atoms with Gasteiger partial charge in [-0.15, -0.1) is 0 Å². The van der Waals surface area contributed by atoms with Crippen LogP contribution >= 0.6 is 0 Å². The lowest BCUT2D eigenvalue weighted by Crippen LogP contribution is -2.67. The van der Waals surface area contributed by atoms with Crippen LogP contribution in [-0.4, -0.2) is 59.4 Å². The minimum absolute atomic E-state index is 0.0637. The van der Waals surface area contributed by atoms with Gasteiger partial charge in [0.1, 0.15) is 11.5 Å². The zero-order valence-corrected chi connectivity index (χ0v) is 34.4. The van der Waals surface area contributed by atoms with Crippen molar-refractivity contribution in [2.24, 2.45) is 5.41 Å². The number of esters is 1. The number of carbonyl (C=O) groups is 1. The molecule has 0 saturated carbocycles. The summed E-state index contributed by atoms with van der Waals surface area (Å²) < 4.78 is 49.7. The van der Waals surface area contributed by atoms with Crippen molar-refractivity contribution in [1.82, 2.24) is 9.62 Å². The van der Waals surface area contributed by atoms with E-state index in [1.807, 2.05) is 37.3 Å². The Morgan fingerprint density at radius 1 is 0.911 bits per heavy atom. The first-order valence-corrected chi connectivity index (χ1v) is 22.9. The summed E-state index contributed by atoms with van der Waals surface area (Å²) >= 11 is 0. The number of nitrogens with one attached hydrogen (secondary N) is 1. The number of hydrogen-bond acceptors (Lipinski definition) is 7. The summed E-state index contributed by atoms with van der Waals surface area (Å²) in [5.41, 5.74) is 3.19. The smallest absolute Gasteiger partial charge is 0.338 e. The quantitative estimate of drug-likeness (QED) is 0.0798. The van der Waals surface area contributed by atoms with Gasteiger partial charge in [-0.1, -0.05) is 123 Å². The van der Waals surface area contributed by atoms with Crippen LogP contribution in [-0.2, 0) is 25.6 Å². The maximum absolute atomic E-state index is 14.2. The third kappa shape index (κ3) is 6.81.